The zero-order valence-corrected chi connectivity index (χ0v) is 21.0. The second kappa shape index (κ2) is 12.3. The monoisotopic (exact) mass is 495 g/mol. The number of carboxylic acid groups (broad SMARTS) is 1. The van der Waals surface area contributed by atoms with Gasteiger partial charge in [0.2, 0.25) is 0 Å². The lowest BCUT2D eigenvalue weighted by molar-refractivity contribution is -0.136. The molecule has 7 heteroatoms. The van der Waals surface area contributed by atoms with Crippen molar-refractivity contribution in [2.75, 3.05) is 20.8 Å². The number of carboxylic acids is 1. The number of carbonyl (C=O) groups excluding carboxylic acids is 1. The average Bonchev–Trinajstić information content (AvgIpc) is 2.85. The summed E-state index contributed by atoms with van der Waals surface area (Å²) in [5.74, 6) is 0.171. The molecule has 0 unspecified atom stereocenters. The fraction of sp³-hybridized carbons (Fsp3) is 0.286. The molecule has 0 spiro atoms. The van der Waals surface area contributed by atoms with Crippen molar-refractivity contribution in [1.82, 2.24) is 4.90 Å². The number of ether oxygens (including phenoxy) is 2. The fourth-order valence-electron chi connectivity index (χ4n) is 3.93. The van der Waals surface area contributed by atoms with Gasteiger partial charge in [0, 0.05) is 29.2 Å². The minimum Gasteiger partial charge on any atom is -0.496 e. The smallest absolute Gasteiger partial charge is 0.307 e. The maximum absolute atomic E-state index is 13.6. The predicted molar refractivity (Wildman–Crippen MR) is 137 cm³/mol. The van der Waals surface area contributed by atoms with Gasteiger partial charge in [0.25, 0.3) is 5.91 Å². The summed E-state index contributed by atoms with van der Waals surface area (Å²) in [5, 5.41) is 9.70. The van der Waals surface area contributed by atoms with Crippen molar-refractivity contribution in [3.63, 3.8) is 0 Å². The Bertz CT molecular complexity index is 1130. The van der Waals surface area contributed by atoms with Crippen LogP contribution in [0.2, 0.25) is 5.02 Å². The van der Waals surface area contributed by atoms with Crippen molar-refractivity contribution in [1.29, 1.82) is 0 Å². The number of halogens is 1. The van der Waals surface area contributed by atoms with Crippen molar-refractivity contribution in [3.8, 4) is 11.5 Å². The first-order valence-corrected chi connectivity index (χ1v) is 11.7. The second-order valence-electron chi connectivity index (χ2n) is 8.35. The zero-order chi connectivity index (χ0) is 25.4. The van der Waals surface area contributed by atoms with Gasteiger partial charge in [-0.2, -0.15) is 0 Å². The number of nitrogens with zero attached hydrogens (tertiary/aromatic N) is 1. The number of carbonyl (C=O) groups is 2. The van der Waals surface area contributed by atoms with Gasteiger partial charge in [0.1, 0.15) is 11.5 Å². The third-order valence-electron chi connectivity index (χ3n) is 5.84. The molecule has 35 heavy (non-hydrogen) atoms. The summed E-state index contributed by atoms with van der Waals surface area (Å²) < 4.78 is 10.9. The molecule has 1 N–H and O–H groups in total. The molecule has 0 bridgehead atoms. The number of rotatable bonds is 11. The van der Waals surface area contributed by atoms with E-state index in [1.165, 1.54) is 0 Å². The normalized spacial score (nSPS) is 10.6. The zero-order valence-electron chi connectivity index (χ0n) is 20.2. The lowest BCUT2D eigenvalue weighted by Crippen LogP contribution is -2.32. The van der Waals surface area contributed by atoms with Crippen LogP contribution in [0.15, 0.2) is 60.7 Å². The highest BCUT2D eigenvalue weighted by atomic mass is 35.5. The van der Waals surface area contributed by atoms with Gasteiger partial charge < -0.3 is 19.5 Å². The van der Waals surface area contributed by atoms with Crippen LogP contribution in [-0.4, -0.2) is 42.6 Å². The summed E-state index contributed by atoms with van der Waals surface area (Å²) in [6.45, 7) is 2.82. The number of methoxy groups -OCH3 is 2. The summed E-state index contributed by atoms with van der Waals surface area (Å²) >= 11 is 5.99. The molecule has 0 heterocycles. The molecule has 0 aliphatic carbocycles. The van der Waals surface area contributed by atoms with Crippen molar-refractivity contribution in [2.45, 2.75) is 32.7 Å². The number of amides is 1. The van der Waals surface area contributed by atoms with E-state index in [1.54, 1.807) is 43.4 Å². The third kappa shape index (κ3) is 7.23. The molecule has 0 aromatic heterocycles. The summed E-state index contributed by atoms with van der Waals surface area (Å²) in [6.07, 6.45) is 1.54. The van der Waals surface area contributed by atoms with Gasteiger partial charge in [-0.25, -0.2) is 0 Å². The highest BCUT2D eigenvalue weighted by Crippen LogP contribution is 2.30. The first-order valence-electron chi connectivity index (χ1n) is 11.4. The Labute approximate surface area is 211 Å². The molecular formula is C28H30ClNO5. The average molecular weight is 496 g/mol. The summed E-state index contributed by atoms with van der Waals surface area (Å²) in [5.41, 5.74) is 4.10. The molecule has 0 atom stereocenters. The minimum atomic E-state index is -0.876. The van der Waals surface area contributed by atoms with E-state index in [-0.39, 0.29) is 12.3 Å². The van der Waals surface area contributed by atoms with Gasteiger partial charge in [-0.3, -0.25) is 9.59 Å². The molecule has 3 aromatic carbocycles. The standard InChI is InChI=1S/C28H30ClNO5/c1-19-25(34-2)16-23(17-26(19)35-3)28(33)30(14-4-5-20-10-12-24(29)13-11-20)18-22-8-6-21(7-9-22)15-27(31)32/h6-13,16-17H,4-5,14-15,18H2,1-3H3,(H,31,32). The molecule has 1 amide bonds. The molecule has 0 saturated carbocycles. The van der Waals surface area contributed by atoms with E-state index in [2.05, 4.69) is 0 Å². The van der Waals surface area contributed by atoms with Gasteiger partial charge in [0.05, 0.1) is 20.6 Å². The Balaban J connectivity index is 1.82. The molecule has 0 aliphatic heterocycles. The molecule has 184 valence electrons. The van der Waals surface area contributed by atoms with Gasteiger partial charge in [-0.05, 0) is 60.7 Å². The number of benzene rings is 3. The maximum Gasteiger partial charge on any atom is 0.307 e. The lowest BCUT2D eigenvalue weighted by Gasteiger charge is -2.24. The van der Waals surface area contributed by atoms with Gasteiger partial charge in [0.15, 0.2) is 0 Å². The van der Waals surface area contributed by atoms with Gasteiger partial charge in [-0.1, -0.05) is 48.0 Å². The van der Waals surface area contributed by atoms with Crippen LogP contribution < -0.4 is 9.47 Å². The summed E-state index contributed by atoms with van der Waals surface area (Å²) in [7, 11) is 3.14. The molecule has 3 rings (SSSR count). The van der Waals surface area contributed by atoms with Gasteiger partial charge in [-0.15, -0.1) is 0 Å². The lowest BCUT2D eigenvalue weighted by atomic mass is 10.1. The molecular weight excluding hydrogens is 466 g/mol. The Hall–Kier alpha value is -3.51. The van der Waals surface area contributed by atoms with E-state index in [4.69, 9.17) is 26.2 Å². The largest absolute Gasteiger partial charge is 0.496 e. The molecule has 3 aromatic rings. The van der Waals surface area contributed by atoms with E-state index in [0.717, 1.165) is 35.1 Å². The van der Waals surface area contributed by atoms with Crippen LogP contribution in [0.3, 0.4) is 0 Å². The Morgan fingerprint density at radius 1 is 0.886 bits per heavy atom. The van der Waals surface area contributed by atoms with E-state index >= 15 is 0 Å². The Morgan fingerprint density at radius 3 is 1.97 bits per heavy atom. The van der Waals surface area contributed by atoms with Crippen molar-refractivity contribution in [2.24, 2.45) is 0 Å². The maximum atomic E-state index is 13.6. The van der Waals surface area contributed by atoms with E-state index in [0.29, 0.717) is 35.2 Å². The predicted octanol–water partition coefficient (Wildman–Crippen LogP) is 5.57. The number of hydrogen-bond donors (Lipinski definition) is 1. The molecule has 0 fully saturated rings. The van der Waals surface area contributed by atoms with E-state index in [9.17, 15) is 9.59 Å². The first kappa shape index (κ1) is 26.1. The van der Waals surface area contributed by atoms with Crippen LogP contribution in [0.1, 0.15) is 39.0 Å². The molecule has 6 nitrogen and oxygen atoms in total. The molecule has 0 saturated heterocycles. The Kier molecular flexibility index (Phi) is 9.15. The molecule has 0 aliphatic rings. The van der Waals surface area contributed by atoms with E-state index < -0.39 is 5.97 Å². The topological polar surface area (TPSA) is 76.1 Å². The van der Waals surface area contributed by atoms with Crippen LogP contribution >= 0.6 is 11.6 Å². The highest BCUT2D eigenvalue weighted by molar-refractivity contribution is 6.30. The van der Waals surface area contributed by atoms with Crippen LogP contribution in [0.4, 0.5) is 0 Å². The SMILES string of the molecule is COc1cc(C(=O)N(CCCc2ccc(Cl)cc2)Cc2ccc(CC(=O)O)cc2)cc(OC)c1C. The first-order chi connectivity index (χ1) is 16.8. The van der Waals surface area contributed by atoms with Crippen molar-refractivity contribution >= 4 is 23.5 Å². The third-order valence-corrected chi connectivity index (χ3v) is 6.10. The summed E-state index contributed by atoms with van der Waals surface area (Å²) in [4.78, 5) is 26.4. The second-order valence-corrected chi connectivity index (χ2v) is 8.79. The summed E-state index contributed by atoms with van der Waals surface area (Å²) in [6, 6.07) is 18.5. The Morgan fingerprint density at radius 2 is 1.43 bits per heavy atom. The van der Waals surface area contributed by atoms with Gasteiger partial charge >= 0.3 is 5.97 Å². The minimum absolute atomic E-state index is 0.0347. The van der Waals surface area contributed by atoms with Crippen molar-refractivity contribution < 1.29 is 24.2 Å². The van der Waals surface area contributed by atoms with Crippen molar-refractivity contribution in [3.05, 3.63) is 93.5 Å². The quantitative estimate of drug-likeness (QED) is 0.376. The molecule has 0 radical (unpaired) electrons. The van der Waals surface area contributed by atoms with Crippen LogP contribution in [0.5, 0.6) is 11.5 Å². The van der Waals surface area contributed by atoms with Crippen LogP contribution in [0.25, 0.3) is 0 Å². The van der Waals surface area contributed by atoms with Crippen LogP contribution in [-0.2, 0) is 24.2 Å². The highest BCUT2D eigenvalue weighted by Gasteiger charge is 2.20. The number of aliphatic carboxylic acids is 1. The number of hydrogen-bond acceptors (Lipinski definition) is 4. The number of aryl methyl sites for hydroxylation is 1. The van der Waals surface area contributed by atoms with Crippen LogP contribution in [0, 0.1) is 6.92 Å². The van der Waals surface area contributed by atoms with E-state index in [1.807, 2.05) is 43.3 Å². The fourth-order valence-corrected chi connectivity index (χ4v) is 4.05.